The van der Waals surface area contributed by atoms with E-state index in [1.165, 1.54) is 11.1 Å². The first kappa shape index (κ1) is 11.5. The minimum absolute atomic E-state index is 0.181. The van der Waals surface area contributed by atoms with Crippen LogP contribution in [0.2, 0.25) is 0 Å². The van der Waals surface area contributed by atoms with Crippen LogP contribution in [0, 0.1) is 5.92 Å². The molecule has 0 spiro atoms. The summed E-state index contributed by atoms with van der Waals surface area (Å²) < 4.78 is 5.42. The second-order valence-electron chi connectivity index (χ2n) is 4.20. The van der Waals surface area contributed by atoms with E-state index in [4.69, 9.17) is 10.6 Å². The Morgan fingerprint density at radius 2 is 2.56 bits per heavy atom. The minimum atomic E-state index is 0.181. The van der Waals surface area contributed by atoms with E-state index in [9.17, 15) is 0 Å². The number of nitrogens with zero attached hydrogens (tertiary/aromatic N) is 1. The molecule has 1 aliphatic heterocycles. The molecule has 0 amide bonds. The van der Waals surface area contributed by atoms with E-state index in [1.807, 2.05) is 12.4 Å². The summed E-state index contributed by atoms with van der Waals surface area (Å²) in [5, 5.41) is 0. The van der Waals surface area contributed by atoms with Crippen molar-refractivity contribution in [3.63, 3.8) is 0 Å². The number of aromatic nitrogens is 1. The highest BCUT2D eigenvalue weighted by Crippen LogP contribution is 2.29. The summed E-state index contributed by atoms with van der Waals surface area (Å²) in [5.74, 6) is 6.15. The fraction of sp³-hybridized carbons (Fsp3) is 0.583. The average Bonchev–Trinajstić information content (AvgIpc) is 2.84. The lowest BCUT2D eigenvalue weighted by Gasteiger charge is -2.23. The fourth-order valence-electron chi connectivity index (χ4n) is 2.33. The summed E-state index contributed by atoms with van der Waals surface area (Å²) in [7, 11) is 0. The Hall–Kier alpha value is -0.970. The molecule has 2 atom stereocenters. The molecule has 2 unspecified atom stereocenters. The molecule has 1 saturated heterocycles. The molecule has 0 aliphatic carbocycles. The first-order valence-corrected chi connectivity index (χ1v) is 5.83. The first-order valence-electron chi connectivity index (χ1n) is 5.83. The Labute approximate surface area is 96.2 Å². The van der Waals surface area contributed by atoms with Gasteiger partial charge in [0.25, 0.3) is 0 Å². The molecule has 0 saturated carbocycles. The Bertz CT molecular complexity index is 337. The summed E-state index contributed by atoms with van der Waals surface area (Å²) in [4.78, 5) is 4.16. The van der Waals surface area contributed by atoms with Gasteiger partial charge in [-0.25, -0.2) is 0 Å². The topological polar surface area (TPSA) is 60.2 Å². The van der Waals surface area contributed by atoms with Gasteiger partial charge < -0.3 is 4.74 Å². The van der Waals surface area contributed by atoms with E-state index in [-0.39, 0.29) is 6.04 Å². The highest BCUT2D eigenvalue weighted by Gasteiger charge is 2.27. The van der Waals surface area contributed by atoms with E-state index >= 15 is 0 Å². The molecule has 1 aromatic heterocycles. The van der Waals surface area contributed by atoms with E-state index in [0.717, 1.165) is 26.1 Å². The maximum atomic E-state index is 5.68. The van der Waals surface area contributed by atoms with Gasteiger partial charge in [-0.15, -0.1) is 0 Å². The van der Waals surface area contributed by atoms with Crippen LogP contribution in [-0.2, 0) is 11.2 Å². The monoisotopic (exact) mass is 221 g/mol. The molecule has 2 heterocycles. The normalized spacial score (nSPS) is 22.2. The first-order chi connectivity index (χ1) is 7.86. The molecule has 1 aromatic rings. The van der Waals surface area contributed by atoms with E-state index in [0.29, 0.717) is 5.92 Å². The van der Waals surface area contributed by atoms with Gasteiger partial charge in [0.05, 0.1) is 12.6 Å². The van der Waals surface area contributed by atoms with Gasteiger partial charge in [0.2, 0.25) is 0 Å². The van der Waals surface area contributed by atoms with Crippen LogP contribution in [0.5, 0.6) is 0 Å². The van der Waals surface area contributed by atoms with Gasteiger partial charge in [-0.2, -0.15) is 0 Å². The van der Waals surface area contributed by atoms with Crippen LogP contribution in [0.1, 0.15) is 30.5 Å². The molecule has 1 aliphatic rings. The van der Waals surface area contributed by atoms with Crippen molar-refractivity contribution in [2.45, 2.75) is 25.8 Å². The van der Waals surface area contributed by atoms with Crippen molar-refractivity contribution in [2.24, 2.45) is 11.8 Å². The number of pyridine rings is 1. The molecule has 88 valence electrons. The van der Waals surface area contributed by atoms with Crippen LogP contribution in [0.15, 0.2) is 18.5 Å². The number of hydrogen-bond donors (Lipinski definition) is 2. The Morgan fingerprint density at radius 3 is 3.19 bits per heavy atom. The van der Waals surface area contributed by atoms with Crippen molar-refractivity contribution in [3.8, 4) is 0 Å². The molecule has 2 rings (SSSR count). The predicted molar refractivity (Wildman–Crippen MR) is 62.6 cm³/mol. The Morgan fingerprint density at radius 1 is 1.69 bits per heavy atom. The van der Waals surface area contributed by atoms with Crippen LogP contribution in [-0.4, -0.2) is 18.2 Å². The number of hydrazine groups is 1. The van der Waals surface area contributed by atoms with E-state index in [1.54, 1.807) is 0 Å². The van der Waals surface area contributed by atoms with Crippen LogP contribution >= 0.6 is 0 Å². The molecule has 0 radical (unpaired) electrons. The predicted octanol–water partition coefficient (Wildman–Crippen LogP) is 1.18. The van der Waals surface area contributed by atoms with Crippen LogP contribution in [0.4, 0.5) is 0 Å². The second-order valence-corrected chi connectivity index (χ2v) is 4.20. The van der Waals surface area contributed by atoms with E-state index in [2.05, 4.69) is 23.4 Å². The highest BCUT2D eigenvalue weighted by atomic mass is 16.5. The molecular formula is C12H19N3O. The summed E-state index contributed by atoms with van der Waals surface area (Å²) in [5.41, 5.74) is 5.45. The molecule has 0 aromatic carbocycles. The number of ether oxygens (including phenoxy) is 1. The lowest BCUT2D eigenvalue weighted by molar-refractivity contribution is 0.176. The lowest BCUT2D eigenvalue weighted by atomic mass is 9.90. The van der Waals surface area contributed by atoms with Gasteiger partial charge in [0.15, 0.2) is 0 Å². The number of hydrogen-bond acceptors (Lipinski definition) is 4. The standard InChI is InChI=1S/C12H19N3O/c1-2-9-7-14-5-3-11(9)12(15-13)10-4-6-16-8-10/h3,5,7,10,12,15H,2,4,6,8,13H2,1H3. The lowest BCUT2D eigenvalue weighted by Crippen LogP contribution is -2.34. The minimum Gasteiger partial charge on any atom is -0.381 e. The average molecular weight is 221 g/mol. The smallest absolute Gasteiger partial charge is 0.0514 e. The summed E-state index contributed by atoms with van der Waals surface area (Å²) >= 11 is 0. The summed E-state index contributed by atoms with van der Waals surface area (Å²) in [6.07, 6.45) is 5.80. The van der Waals surface area contributed by atoms with Crippen molar-refractivity contribution in [3.05, 3.63) is 29.6 Å². The van der Waals surface area contributed by atoms with Gasteiger partial charge in [-0.3, -0.25) is 16.3 Å². The van der Waals surface area contributed by atoms with Gasteiger partial charge in [-0.1, -0.05) is 6.92 Å². The number of rotatable bonds is 4. The van der Waals surface area contributed by atoms with Crippen LogP contribution in [0.3, 0.4) is 0 Å². The van der Waals surface area contributed by atoms with Crippen molar-refractivity contribution < 1.29 is 4.74 Å². The Balaban J connectivity index is 2.24. The van der Waals surface area contributed by atoms with Gasteiger partial charge in [0.1, 0.15) is 0 Å². The Kier molecular flexibility index (Phi) is 3.88. The van der Waals surface area contributed by atoms with Crippen LogP contribution in [0.25, 0.3) is 0 Å². The van der Waals surface area contributed by atoms with E-state index < -0.39 is 0 Å². The largest absolute Gasteiger partial charge is 0.381 e. The van der Waals surface area contributed by atoms with Crippen molar-refractivity contribution in [2.75, 3.05) is 13.2 Å². The molecule has 0 bridgehead atoms. The molecule has 1 fully saturated rings. The maximum Gasteiger partial charge on any atom is 0.0514 e. The molecule has 16 heavy (non-hydrogen) atoms. The van der Waals surface area contributed by atoms with Gasteiger partial charge in [-0.05, 0) is 30.0 Å². The van der Waals surface area contributed by atoms with Crippen molar-refractivity contribution >= 4 is 0 Å². The maximum absolute atomic E-state index is 5.68. The molecule has 4 nitrogen and oxygen atoms in total. The zero-order valence-electron chi connectivity index (χ0n) is 9.65. The van der Waals surface area contributed by atoms with Gasteiger partial charge in [0, 0.05) is 24.9 Å². The third kappa shape index (κ3) is 2.24. The summed E-state index contributed by atoms with van der Waals surface area (Å²) in [6, 6.07) is 2.24. The summed E-state index contributed by atoms with van der Waals surface area (Å²) in [6.45, 7) is 3.77. The number of aryl methyl sites for hydroxylation is 1. The van der Waals surface area contributed by atoms with Crippen molar-refractivity contribution in [1.82, 2.24) is 10.4 Å². The van der Waals surface area contributed by atoms with Gasteiger partial charge >= 0.3 is 0 Å². The zero-order chi connectivity index (χ0) is 11.4. The number of nitrogens with one attached hydrogen (secondary N) is 1. The van der Waals surface area contributed by atoms with Crippen LogP contribution < -0.4 is 11.3 Å². The molecule has 3 N–H and O–H groups in total. The second kappa shape index (κ2) is 5.39. The molecular weight excluding hydrogens is 202 g/mol. The quantitative estimate of drug-likeness (QED) is 0.592. The van der Waals surface area contributed by atoms with Crippen molar-refractivity contribution in [1.29, 1.82) is 0 Å². The third-order valence-corrected chi connectivity index (χ3v) is 3.27. The molecule has 4 heteroatoms. The number of nitrogens with two attached hydrogens (primary N) is 1. The third-order valence-electron chi connectivity index (χ3n) is 3.27. The zero-order valence-corrected chi connectivity index (χ0v) is 9.65. The SMILES string of the molecule is CCc1cnccc1C(NN)C1CCOC1. The highest BCUT2D eigenvalue weighted by molar-refractivity contribution is 5.27. The fourth-order valence-corrected chi connectivity index (χ4v) is 2.33.